The molecule has 0 radical (unpaired) electrons. The molecule has 0 saturated carbocycles. The van der Waals surface area contributed by atoms with Gasteiger partial charge in [0.15, 0.2) is 11.5 Å². The lowest BCUT2D eigenvalue weighted by Gasteiger charge is -2.26. The monoisotopic (exact) mass is 332 g/mol. The summed E-state index contributed by atoms with van der Waals surface area (Å²) in [6, 6.07) is 14.1. The van der Waals surface area contributed by atoms with Crippen LogP contribution in [0.15, 0.2) is 42.5 Å². The first-order chi connectivity index (χ1) is 10.8. The van der Waals surface area contributed by atoms with E-state index < -0.39 is 0 Å². The number of hydrogen-bond acceptors (Lipinski definition) is 2. The minimum Gasteiger partial charge on any atom is -0.493 e. The van der Waals surface area contributed by atoms with Crippen LogP contribution in [-0.4, -0.2) is 13.7 Å². The van der Waals surface area contributed by atoms with Crippen molar-refractivity contribution in [2.45, 2.75) is 39.0 Å². The van der Waals surface area contributed by atoms with Gasteiger partial charge in [0, 0.05) is 10.4 Å². The number of hydrogen-bond donors (Lipinski definition) is 0. The third-order valence-corrected chi connectivity index (χ3v) is 4.32. The Balaban J connectivity index is 2.18. The van der Waals surface area contributed by atoms with Crippen LogP contribution < -0.4 is 9.47 Å². The second-order valence-corrected chi connectivity index (χ2v) is 7.18. The first-order valence-corrected chi connectivity index (χ1v) is 8.28. The number of methoxy groups -OCH3 is 1. The van der Waals surface area contributed by atoms with E-state index in [1.54, 1.807) is 7.11 Å². The van der Waals surface area contributed by atoms with Gasteiger partial charge in [0.1, 0.15) is 0 Å². The Bertz CT molecular complexity index is 645. The second-order valence-electron chi connectivity index (χ2n) is 6.74. The molecule has 0 fully saturated rings. The molecule has 2 nitrogen and oxygen atoms in total. The van der Waals surface area contributed by atoms with E-state index in [0.29, 0.717) is 12.5 Å². The molecule has 124 valence electrons. The van der Waals surface area contributed by atoms with Crippen molar-refractivity contribution >= 4 is 11.6 Å². The van der Waals surface area contributed by atoms with Crippen molar-refractivity contribution in [2.24, 2.45) is 0 Å². The Labute approximate surface area is 144 Å². The van der Waals surface area contributed by atoms with Crippen LogP contribution in [0.2, 0.25) is 5.02 Å². The van der Waals surface area contributed by atoms with Crippen LogP contribution in [0, 0.1) is 0 Å². The Kier molecular flexibility index (Phi) is 5.59. The van der Waals surface area contributed by atoms with Gasteiger partial charge in [-0.05, 0) is 41.3 Å². The molecule has 0 spiro atoms. The summed E-state index contributed by atoms with van der Waals surface area (Å²) in [6.45, 7) is 9.23. The lowest BCUT2D eigenvalue weighted by Crippen LogP contribution is -2.26. The van der Waals surface area contributed by atoms with Crippen molar-refractivity contribution in [1.82, 2.24) is 0 Å². The minimum atomic E-state index is -0.122. The molecule has 0 aliphatic carbocycles. The normalized spacial score (nSPS) is 11.6. The Morgan fingerprint density at radius 1 is 1.00 bits per heavy atom. The summed E-state index contributed by atoms with van der Waals surface area (Å²) >= 11 is 5.97. The largest absolute Gasteiger partial charge is 0.493 e. The van der Waals surface area contributed by atoms with Crippen LogP contribution in [0.25, 0.3) is 0 Å². The van der Waals surface area contributed by atoms with E-state index in [2.05, 4.69) is 39.8 Å². The average Bonchev–Trinajstić information content (AvgIpc) is 2.53. The fourth-order valence-corrected chi connectivity index (χ4v) is 2.53. The number of rotatable bonds is 6. The molecule has 0 bridgehead atoms. The zero-order valence-electron chi connectivity index (χ0n) is 14.5. The molecule has 2 aromatic carbocycles. The highest BCUT2D eigenvalue weighted by atomic mass is 35.5. The fraction of sp³-hybridized carbons (Fsp3) is 0.400. The second kappa shape index (κ2) is 7.27. The lowest BCUT2D eigenvalue weighted by molar-refractivity contribution is 0.230. The molecule has 0 aliphatic rings. The first kappa shape index (κ1) is 17.7. The van der Waals surface area contributed by atoms with Gasteiger partial charge in [-0.2, -0.15) is 0 Å². The Morgan fingerprint density at radius 2 is 1.65 bits per heavy atom. The zero-order valence-corrected chi connectivity index (χ0v) is 15.3. The molecule has 0 aromatic heterocycles. The Hall–Kier alpha value is -1.67. The van der Waals surface area contributed by atoms with Crippen molar-refractivity contribution in [3.8, 4) is 11.5 Å². The molecule has 23 heavy (non-hydrogen) atoms. The van der Waals surface area contributed by atoms with Gasteiger partial charge in [-0.3, -0.25) is 0 Å². The maximum Gasteiger partial charge on any atom is 0.161 e. The van der Waals surface area contributed by atoms with Gasteiger partial charge in [0.2, 0.25) is 0 Å². The molecule has 0 aliphatic heterocycles. The first-order valence-electron chi connectivity index (χ1n) is 7.90. The van der Waals surface area contributed by atoms with Crippen molar-refractivity contribution in [3.63, 3.8) is 0 Å². The van der Waals surface area contributed by atoms with Crippen LogP contribution in [0.5, 0.6) is 11.5 Å². The number of benzene rings is 2. The molecule has 2 aromatic rings. The van der Waals surface area contributed by atoms with Crippen LogP contribution in [-0.2, 0) is 5.41 Å². The van der Waals surface area contributed by atoms with Gasteiger partial charge in [0.25, 0.3) is 0 Å². The van der Waals surface area contributed by atoms with Crippen molar-refractivity contribution < 1.29 is 9.47 Å². The van der Waals surface area contributed by atoms with Gasteiger partial charge in [-0.25, -0.2) is 0 Å². The summed E-state index contributed by atoms with van der Waals surface area (Å²) in [5.74, 6) is 2.01. The van der Waals surface area contributed by atoms with E-state index in [1.807, 2.05) is 30.3 Å². The van der Waals surface area contributed by atoms with E-state index >= 15 is 0 Å². The van der Waals surface area contributed by atoms with Gasteiger partial charge < -0.3 is 9.47 Å². The third-order valence-electron chi connectivity index (χ3n) is 4.07. The molecule has 0 amide bonds. The molecule has 0 saturated heterocycles. The number of halogens is 1. The van der Waals surface area contributed by atoms with Crippen molar-refractivity contribution in [1.29, 1.82) is 0 Å². The van der Waals surface area contributed by atoms with E-state index in [1.165, 1.54) is 11.1 Å². The smallest absolute Gasteiger partial charge is 0.161 e. The maximum absolute atomic E-state index is 6.11. The zero-order chi connectivity index (χ0) is 17.0. The highest BCUT2D eigenvalue weighted by Gasteiger charge is 2.22. The summed E-state index contributed by atoms with van der Waals surface area (Å²) in [5, 5.41) is 0.747. The summed E-state index contributed by atoms with van der Waals surface area (Å²) in [6.07, 6.45) is 0. The molecular weight excluding hydrogens is 308 g/mol. The molecule has 3 heteroatoms. The molecule has 0 heterocycles. The van der Waals surface area contributed by atoms with E-state index in [-0.39, 0.29) is 5.41 Å². The number of ether oxygens (including phenoxy) is 2. The van der Waals surface area contributed by atoms with E-state index in [9.17, 15) is 0 Å². The van der Waals surface area contributed by atoms with Crippen LogP contribution in [0.3, 0.4) is 0 Å². The van der Waals surface area contributed by atoms with Crippen LogP contribution in [0.4, 0.5) is 0 Å². The van der Waals surface area contributed by atoms with Crippen molar-refractivity contribution in [3.05, 3.63) is 58.6 Å². The minimum absolute atomic E-state index is 0.122. The highest BCUT2D eigenvalue weighted by molar-refractivity contribution is 6.30. The van der Waals surface area contributed by atoms with Gasteiger partial charge in [0.05, 0.1) is 13.7 Å². The quantitative estimate of drug-likeness (QED) is 0.662. The van der Waals surface area contributed by atoms with E-state index in [4.69, 9.17) is 21.1 Å². The van der Waals surface area contributed by atoms with Gasteiger partial charge in [-0.15, -0.1) is 0 Å². The van der Waals surface area contributed by atoms with Gasteiger partial charge >= 0.3 is 0 Å². The van der Waals surface area contributed by atoms with Crippen LogP contribution in [0.1, 0.15) is 44.7 Å². The molecule has 0 atom stereocenters. The van der Waals surface area contributed by atoms with Gasteiger partial charge in [-0.1, -0.05) is 57.5 Å². The van der Waals surface area contributed by atoms with E-state index in [0.717, 1.165) is 16.5 Å². The Morgan fingerprint density at radius 3 is 2.22 bits per heavy atom. The van der Waals surface area contributed by atoms with Crippen molar-refractivity contribution in [2.75, 3.05) is 13.7 Å². The summed E-state index contributed by atoms with van der Waals surface area (Å²) in [5.41, 5.74) is 2.31. The standard InChI is InChI=1S/C20H25ClO2/c1-14(2)15-6-11-18(22-5)19(12-15)23-13-20(3,4)16-7-9-17(21)10-8-16/h6-12,14H,13H2,1-5H3. The summed E-state index contributed by atoms with van der Waals surface area (Å²) < 4.78 is 11.5. The average molecular weight is 333 g/mol. The molecular formula is C20H25ClO2. The predicted molar refractivity (Wildman–Crippen MR) is 97.1 cm³/mol. The molecule has 2 rings (SSSR count). The topological polar surface area (TPSA) is 18.5 Å². The highest BCUT2D eigenvalue weighted by Crippen LogP contribution is 2.33. The summed E-state index contributed by atoms with van der Waals surface area (Å²) in [4.78, 5) is 0. The molecule has 0 N–H and O–H groups in total. The predicted octanol–water partition coefficient (Wildman–Crippen LogP) is 5.83. The third kappa shape index (κ3) is 4.42. The maximum atomic E-state index is 6.11. The van der Waals surface area contributed by atoms with Crippen LogP contribution >= 0.6 is 11.6 Å². The fourth-order valence-electron chi connectivity index (χ4n) is 2.41. The SMILES string of the molecule is COc1ccc(C(C)C)cc1OCC(C)(C)c1ccc(Cl)cc1. The molecule has 0 unspecified atom stereocenters. The lowest BCUT2D eigenvalue weighted by atomic mass is 9.85. The summed E-state index contributed by atoms with van der Waals surface area (Å²) in [7, 11) is 1.67.